The minimum absolute atomic E-state index is 0.606. The molecule has 0 aliphatic carbocycles. The molecule has 1 heterocycles. The first-order valence-corrected chi connectivity index (χ1v) is 5.62. The topological polar surface area (TPSA) is 51.0 Å². The molecule has 2 aromatic rings. The monoisotopic (exact) mass is 269 g/mol. The normalized spacial score (nSPS) is 11.2. The van der Waals surface area contributed by atoms with Crippen molar-refractivity contribution in [3.63, 3.8) is 0 Å². The van der Waals surface area contributed by atoms with Crippen LogP contribution < -0.4 is 5.32 Å². The average Bonchev–Trinajstić information content (AvgIpc) is 2.63. The van der Waals surface area contributed by atoms with Gasteiger partial charge >= 0.3 is 0 Å². The van der Waals surface area contributed by atoms with Gasteiger partial charge in [-0.25, -0.2) is 4.63 Å². The predicted molar refractivity (Wildman–Crippen MR) is 62.8 cm³/mol. The van der Waals surface area contributed by atoms with Crippen LogP contribution in [0.2, 0.25) is 0 Å². The molecule has 1 aromatic carbocycles. The Kier molecular flexibility index (Phi) is 2.90. The van der Waals surface area contributed by atoms with Crippen LogP contribution in [0.1, 0.15) is 13.8 Å². The van der Waals surface area contributed by atoms with Crippen LogP contribution in [0.25, 0.3) is 11.0 Å². The number of benzene rings is 1. The lowest BCUT2D eigenvalue weighted by molar-refractivity contribution is 0.315. The van der Waals surface area contributed by atoms with Crippen LogP contribution in [0.3, 0.4) is 0 Å². The lowest BCUT2D eigenvalue weighted by Gasteiger charge is -2.08. The van der Waals surface area contributed by atoms with Crippen LogP contribution in [0.4, 0.5) is 5.69 Å². The van der Waals surface area contributed by atoms with Crippen molar-refractivity contribution in [1.29, 1.82) is 0 Å². The minimum atomic E-state index is 0.606. The number of fused-ring (bicyclic) bond motifs is 1. The lowest BCUT2D eigenvalue weighted by Crippen LogP contribution is -2.07. The molecule has 0 atom stereocenters. The smallest absolute Gasteiger partial charge is 0.149 e. The van der Waals surface area contributed by atoms with Crippen molar-refractivity contribution in [3.05, 3.63) is 16.6 Å². The van der Waals surface area contributed by atoms with Crippen LogP contribution in [0.15, 0.2) is 21.2 Å². The number of nitrogens with one attached hydrogen (secondary N) is 1. The standard InChI is InChI=1S/C10H12BrN3O/c1-6(2)5-12-7-3-8(11)10-9(4-7)13-15-14-10/h3-4,6,12H,5H2,1-2H3. The van der Waals surface area contributed by atoms with Gasteiger partial charge in [0.1, 0.15) is 11.0 Å². The van der Waals surface area contributed by atoms with Gasteiger partial charge in [-0.2, -0.15) is 0 Å². The van der Waals surface area contributed by atoms with Crippen molar-refractivity contribution in [3.8, 4) is 0 Å². The van der Waals surface area contributed by atoms with Crippen LogP contribution in [0.5, 0.6) is 0 Å². The molecule has 80 valence electrons. The molecular formula is C10H12BrN3O. The summed E-state index contributed by atoms with van der Waals surface area (Å²) >= 11 is 3.43. The van der Waals surface area contributed by atoms with Gasteiger partial charge in [0.15, 0.2) is 0 Å². The highest BCUT2D eigenvalue weighted by molar-refractivity contribution is 9.10. The molecule has 0 saturated heterocycles. The van der Waals surface area contributed by atoms with Crippen molar-refractivity contribution >= 4 is 32.7 Å². The Morgan fingerprint density at radius 1 is 1.40 bits per heavy atom. The fourth-order valence-electron chi connectivity index (χ4n) is 1.27. The van der Waals surface area contributed by atoms with Crippen LogP contribution >= 0.6 is 15.9 Å². The Morgan fingerprint density at radius 3 is 2.93 bits per heavy atom. The highest BCUT2D eigenvalue weighted by Gasteiger charge is 2.07. The second-order valence-electron chi connectivity index (χ2n) is 3.86. The summed E-state index contributed by atoms with van der Waals surface area (Å²) < 4.78 is 5.56. The van der Waals surface area contributed by atoms with Crippen molar-refractivity contribution in [2.24, 2.45) is 5.92 Å². The van der Waals surface area contributed by atoms with Gasteiger partial charge in [0.25, 0.3) is 0 Å². The molecule has 0 spiro atoms. The van der Waals surface area contributed by atoms with Gasteiger partial charge in [-0.3, -0.25) is 0 Å². The molecule has 0 saturated carbocycles. The summed E-state index contributed by atoms with van der Waals surface area (Å²) in [6.07, 6.45) is 0. The van der Waals surface area contributed by atoms with Crippen molar-refractivity contribution in [2.45, 2.75) is 13.8 Å². The van der Waals surface area contributed by atoms with Gasteiger partial charge in [0.2, 0.25) is 0 Å². The van der Waals surface area contributed by atoms with Crippen LogP contribution in [-0.4, -0.2) is 16.9 Å². The molecule has 0 amide bonds. The summed E-state index contributed by atoms with van der Waals surface area (Å²) in [4.78, 5) is 0. The van der Waals surface area contributed by atoms with Gasteiger partial charge < -0.3 is 5.32 Å². The molecule has 0 fully saturated rings. The van der Waals surface area contributed by atoms with E-state index in [2.05, 4.69) is 50.0 Å². The molecule has 5 heteroatoms. The molecule has 0 bridgehead atoms. The number of rotatable bonds is 3. The number of halogens is 1. The van der Waals surface area contributed by atoms with E-state index in [1.807, 2.05) is 12.1 Å². The third kappa shape index (κ3) is 2.28. The number of aromatic nitrogens is 2. The van der Waals surface area contributed by atoms with Gasteiger partial charge in [-0.05, 0) is 44.3 Å². The molecule has 4 nitrogen and oxygen atoms in total. The second-order valence-corrected chi connectivity index (χ2v) is 4.72. The second kappa shape index (κ2) is 4.18. The van der Waals surface area contributed by atoms with Gasteiger partial charge in [0, 0.05) is 12.2 Å². The number of anilines is 1. The first-order chi connectivity index (χ1) is 7.16. The predicted octanol–water partition coefficient (Wildman–Crippen LogP) is 3.05. The summed E-state index contributed by atoms with van der Waals surface area (Å²) in [6, 6.07) is 3.91. The first-order valence-electron chi connectivity index (χ1n) is 4.82. The number of nitrogens with zero attached hydrogens (tertiary/aromatic N) is 2. The highest BCUT2D eigenvalue weighted by atomic mass is 79.9. The summed E-state index contributed by atoms with van der Waals surface area (Å²) in [6.45, 7) is 5.26. The van der Waals surface area contributed by atoms with Crippen molar-refractivity contribution < 1.29 is 4.63 Å². The maximum atomic E-state index is 4.67. The summed E-state index contributed by atoms with van der Waals surface area (Å²) in [7, 11) is 0. The van der Waals surface area contributed by atoms with Gasteiger partial charge in [-0.1, -0.05) is 13.8 Å². The molecule has 2 rings (SSSR count). The molecule has 1 aromatic heterocycles. The Labute approximate surface area is 96.1 Å². The third-order valence-electron chi connectivity index (χ3n) is 2.03. The summed E-state index contributed by atoms with van der Waals surface area (Å²) in [5.41, 5.74) is 2.54. The van der Waals surface area contributed by atoms with E-state index in [-0.39, 0.29) is 0 Å². The molecule has 1 N–H and O–H groups in total. The fourth-order valence-corrected chi connectivity index (χ4v) is 1.80. The van der Waals surface area contributed by atoms with E-state index in [4.69, 9.17) is 0 Å². The zero-order valence-electron chi connectivity index (χ0n) is 8.62. The Bertz CT molecular complexity index is 467. The Balaban J connectivity index is 2.28. The van der Waals surface area contributed by atoms with Gasteiger partial charge in [-0.15, -0.1) is 0 Å². The molecular weight excluding hydrogens is 258 g/mol. The Hall–Kier alpha value is -1.10. The highest BCUT2D eigenvalue weighted by Crippen LogP contribution is 2.25. The number of hydrogen-bond acceptors (Lipinski definition) is 4. The largest absolute Gasteiger partial charge is 0.385 e. The van der Waals surface area contributed by atoms with Crippen LogP contribution in [-0.2, 0) is 0 Å². The molecule has 0 radical (unpaired) electrons. The molecule has 0 aliphatic rings. The van der Waals surface area contributed by atoms with E-state index >= 15 is 0 Å². The summed E-state index contributed by atoms with van der Waals surface area (Å²) in [5.74, 6) is 0.606. The van der Waals surface area contributed by atoms with E-state index < -0.39 is 0 Å². The average molecular weight is 270 g/mol. The quantitative estimate of drug-likeness (QED) is 0.931. The zero-order valence-corrected chi connectivity index (χ0v) is 10.2. The van der Waals surface area contributed by atoms with E-state index in [0.29, 0.717) is 5.92 Å². The van der Waals surface area contributed by atoms with E-state index in [1.54, 1.807) is 0 Å². The number of hydrogen-bond donors (Lipinski definition) is 1. The maximum Gasteiger partial charge on any atom is 0.149 e. The first kappa shape index (κ1) is 10.4. The van der Waals surface area contributed by atoms with E-state index in [1.165, 1.54) is 0 Å². The minimum Gasteiger partial charge on any atom is -0.385 e. The van der Waals surface area contributed by atoms with Crippen molar-refractivity contribution in [2.75, 3.05) is 11.9 Å². The maximum absolute atomic E-state index is 4.67. The molecule has 0 aliphatic heterocycles. The SMILES string of the molecule is CC(C)CNc1cc(Br)c2nonc2c1. The Morgan fingerprint density at radius 2 is 2.20 bits per heavy atom. The molecule has 0 unspecified atom stereocenters. The molecule has 15 heavy (non-hydrogen) atoms. The lowest BCUT2D eigenvalue weighted by atomic mass is 10.2. The van der Waals surface area contributed by atoms with Crippen molar-refractivity contribution in [1.82, 2.24) is 10.3 Å². The summed E-state index contributed by atoms with van der Waals surface area (Å²) in [5, 5.41) is 10.9. The van der Waals surface area contributed by atoms with Crippen LogP contribution in [0, 0.1) is 5.92 Å². The third-order valence-corrected chi connectivity index (χ3v) is 2.63. The zero-order chi connectivity index (χ0) is 10.8. The van der Waals surface area contributed by atoms with E-state index in [0.717, 1.165) is 27.7 Å². The fraction of sp³-hybridized carbons (Fsp3) is 0.400. The van der Waals surface area contributed by atoms with E-state index in [9.17, 15) is 0 Å². The van der Waals surface area contributed by atoms with Gasteiger partial charge in [0.05, 0.1) is 4.47 Å².